The fourth-order valence-electron chi connectivity index (χ4n) is 4.42. The molecule has 0 unspecified atom stereocenters. The van der Waals surface area contributed by atoms with Crippen molar-refractivity contribution >= 4 is 22.9 Å². The summed E-state index contributed by atoms with van der Waals surface area (Å²) in [5.74, 6) is -2.14. The largest absolute Gasteiger partial charge is 0.378 e. The van der Waals surface area contributed by atoms with Gasteiger partial charge < -0.3 is 19.4 Å². The second-order valence-electron chi connectivity index (χ2n) is 9.90. The number of aryl methyl sites for hydroxylation is 1. The van der Waals surface area contributed by atoms with E-state index in [1.165, 1.54) is 6.07 Å². The minimum Gasteiger partial charge on any atom is -0.378 e. The summed E-state index contributed by atoms with van der Waals surface area (Å²) in [5, 5.41) is 6.52. The first-order valence-corrected chi connectivity index (χ1v) is 11.8. The Labute approximate surface area is 207 Å². The Morgan fingerprint density at radius 2 is 1.89 bits per heavy atom. The number of benzene rings is 1. The number of morpholine rings is 1. The van der Waals surface area contributed by atoms with E-state index in [0.717, 1.165) is 46.4 Å². The molecule has 1 fully saturated rings. The highest BCUT2D eigenvalue weighted by atomic mass is 19.1. The van der Waals surface area contributed by atoms with Gasteiger partial charge in [0.05, 0.1) is 36.3 Å². The summed E-state index contributed by atoms with van der Waals surface area (Å²) in [6.07, 6.45) is 6.67. The van der Waals surface area contributed by atoms with Crippen molar-refractivity contribution in [2.24, 2.45) is 0 Å². The van der Waals surface area contributed by atoms with Crippen LogP contribution in [0.25, 0.3) is 16.8 Å². The molecule has 4 heterocycles. The average molecular weight is 495 g/mol. The standard InChI is InChI=1S/C26H28F2N6O2/c1-16-11-20(27)21(31-25(35)19-14-30-34(23(19)28)26(2,3)4)13-18(16)17-12-22(32-7-9-36-10-8-32)24-29-5-6-33(24)15-17/h5-6,11-15H,7-10H2,1-4H3,(H,31,35). The Morgan fingerprint density at radius 1 is 1.14 bits per heavy atom. The van der Waals surface area contributed by atoms with Gasteiger partial charge in [-0.25, -0.2) is 14.1 Å². The molecule has 0 saturated carbocycles. The molecule has 5 rings (SSSR count). The summed E-state index contributed by atoms with van der Waals surface area (Å²) < 4.78 is 38.3. The molecular weight excluding hydrogens is 466 g/mol. The van der Waals surface area contributed by atoms with E-state index in [0.29, 0.717) is 18.8 Å². The second-order valence-corrected chi connectivity index (χ2v) is 9.90. The number of rotatable bonds is 4. The highest BCUT2D eigenvalue weighted by Gasteiger charge is 2.25. The van der Waals surface area contributed by atoms with E-state index in [9.17, 15) is 13.6 Å². The van der Waals surface area contributed by atoms with Gasteiger partial charge in [0.2, 0.25) is 5.95 Å². The second kappa shape index (κ2) is 9.02. The molecule has 1 saturated heterocycles. The number of hydrogen-bond acceptors (Lipinski definition) is 5. The Kier molecular flexibility index (Phi) is 5.99. The van der Waals surface area contributed by atoms with Crippen molar-refractivity contribution in [2.45, 2.75) is 33.2 Å². The minimum absolute atomic E-state index is 0.0397. The maximum absolute atomic E-state index is 14.9. The lowest BCUT2D eigenvalue weighted by atomic mass is 10.00. The Morgan fingerprint density at radius 3 is 2.58 bits per heavy atom. The number of pyridine rings is 1. The summed E-state index contributed by atoms with van der Waals surface area (Å²) in [7, 11) is 0. The van der Waals surface area contributed by atoms with Crippen molar-refractivity contribution in [3.05, 3.63) is 65.9 Å². The lowest BCUT2D eigenvalue weighted by Crippen LogP contribution is -2.36. The first-order chi connectivity index (χ1) is 17.1. The number of ether oxygens (including phenoxy) is 1. The molecule has 36 heavy (non-hydrogen) atoms. The van der Waals surface area contributed by atoms with E-state index in [1.54, 1.807) is 33.0 Å². The molecule has 188 valence electrons. The third-order valence-electron chi connectivity index (χ3n) is 6.28. The maximum Gasteiger partial charge on any atom is 0.262 e. The van der Waals surface area contributed by atoms with Gasteiger partial charge in [0.1, 0.15) is 11.4 Å². The van der Waals surface area contributed by atoms with Crippen LogP contribution in [-0.2, 0) is 10.3 Å². The van der Waals surface area contributed by atoms with Gasteiger partial charge in [-0.15, -0.1) is 0 Å². The molecule has 1 aromatic carbocycles. The van der Waals surface area contributed by atoms with Crippen molar-refractivity contribution in [2.75, 3.05) is 36.5 Å². The highest BCUT2D eigenvalue weighted by Crippen LogP contribution is 2.33. The molecule has 1 amide bonds. The number of halogens is 2. The molecule has 1 aliphatic rings. The lowest BCUT2D eigenvalue weighted by Gasteiger charge is -2.29. The number of imidazole rings is 1. The number of nitrogens with zero attached hydrogens (tertiary/aromatic N) is 5. The van der Waals surface area contributed by atoms with Gasteiger partial charge >= 0.3 is 0 Å². The van der Waals surface area contributed by atoms with Gasteiger partial charge in [-0.3, -0.25) is 4.79 Å². The average Bonchev–Trinajstić information content (AvgIpc) is 3.47. The van der Waals surface area contributed by atoms with Crippen LogP contribution in [0.3, 0.4) is 0 Å². The molecule has 10 heteroatoms. The Bertz CT molecular complexity index is 1450. The van der Waals surface area contributed by atoms with Crippen molar-refractivity contribution in [3.63, 3.8) is 0 Å². The summed E-state index contributed by atoms with van der Waals surface area (Å²) in [4.78, 5) is 19.6. The molecule has 0 spiro atoms. The summed E-state index contributed by atoms with van der Waals surface area (Å²) in [6.45, 7) is 9.88. The Balaban J connectivity index is 1.52. The fourth-order valence-corrected chi connectivity index (χ4v) is 4.42. The normalized spacial score (nSPS) is 14.4. The number of nitrogens with one attached hydrogen (secondary N) is 1. The summed E-state index contributed by atoms with van der Waals surface area (Å²) in [6, 6.07) is 4.97. The van der Waals surface area contributed by atoms with Crippen molar-refractivity contribution in [1.82, 2.24) is 19.2 Å². The topological polar surface area (TPSA) is 76.7 Å². The number of aromatic nitrogens is 4. The molecule has 8 nitrogen and oxygen atoms in total. The molecule has 0 bridgehead atoms. The quantitative estimate of drug-likeness (QED) is 0.448. The maximum atomic E-state index is 14.9. The number of hydrogen-bond donors (Lipinski definition) is 1. The first kappa shape index (κ1) is 23.9. The van der Waals surface area contributed by atoms with Crippen LogP contribution in [0.5, 0.6) is 0 Å². The Hall–Kier alpha value is -3.79. The monoisotopic (exact) mass is 494 g/mol. The summed E-state index contributed by atoms with van der Waals surface area (Å²) >= 11 is 0. The van der Waals surface area contributed by atoms with Crippen molar-refractivity contribution in [3.8, 4) is 11.1 Å². The van der Waals surface area contributed by atoms with Crippen LogP contribution in [0.4, 0.5) is 20.2 Å². The van der Waals surface area contributed by atoms with Crippen molar-refractivity contribution < 1.29 is 18.3 Å². The van der Waals surface area contributed by atoms with Gasteiger partial charge in [-0.05, 0) is 57.0 Å². The van der Waals surface area contributed by atoms with Gasteiger partial charge in [-0.2, -0.15) is 9.49 Å². The van der Waals surface area contributed by atoms with E-state index in [4.69, 9.17) is 4.74 Å². The molecule has 4 aromatic rings. The van der Waals surface area contributed by atoms with Gasteiger partial charge in [0.15, 0.2) is 5.65 Å². The number of fused-ring (bicyclic) bond motifs is 1. The number of carbonyl (C=O) groups excluding carboxylic acids is 1. The van der Waals surface area contributed by atoms with Crippen LogP contribution in [-0.4, -0.2) is 51.4 Å². The summed E-state index contributed by atoms with van der Waals surface area (Å²) in [5.41, 5.74) is 3.11. The van der Waals surface area contributed by atoms with E-state index < -0.39 is 23.2 Å². The molecule has 1 aliphatic heterocycles. The van der Waals surface area contributed by atoms with Crippen LogP contribution in [0.2, 0.25) is 0 Å². The van der Waals surface area contributed by atoms with E-state index >= 15 is 0 Å². The molecule has 0 radical (unpaired) electrons. The predicted octanol–water partition coefficient (Wildman–Crippen LogP) is 4.63. The molecule has 3 aromatic heterocycles. The third kappa shape index (κ3) is 4.32. The smallest absolute Gasteiger partial charge is 0.262 e. The fraction of sp³-hybridized carbons (Fsp3) is 0.346. The lowest BCUT2D eigenvalue weighted by molar-refractivity contribution is 0.102. The highest BCUT2D eigenvalue weighted by molar-refractivity contribution is 6.04. The molecule has 0 aliphatic carbocycles. The number of anilines is 2. The molecule has 0 atom stereocenters. The van der Waals surface area contributed by atoms with Crippen LogP contribution in [0, 0.1) is 18.7 Å². The SMILES string of the molecule is Cc1cc(F)c(NC(=O)c2cnn(C(C)(C)C)c2F)cc1-c1cc(N2CCOCC2)c2nccn2c1. The van der Waals surface area contributed by atoms with Crippen LogP contribution in [0.1, 0.15) is 36.7 Å². The van der Waals surface area contributed by atoms with Crippen molar-refractivity contribution in [1.29, 1.82) is 0 Å². The zero-order chi connectivity index (χ0) is 25.6. The predicted molar refractivity (Wildman–Crippen MR) is 133 cm³/mol. The van der Waals surface area contributed by atoms with Gasteiger partial charge in [-0.1, -0.05) is 0 Å². The van der Waals surface area contributed by atoms with E-state index in [1.807, 2.05) is 29.8 Å². The molecular formula is C26H28F2N6O2. The van der Waals surface area contributed by atoms with Crippen LogP contribution < -0.4 is 10.2 Å². The van der Waals surface area contributed by atoms with E-state index in [-0.39, 0.29) is 11.3 Å². The zero-order valence-electron chi connectivity index (χ0n) is 20.7. The van der Waals surface area contributed by atoms with Crippen LogP contribution in [0.15, 0.2) is 43.0 Å². The number of carbonyl (C=O) groups is 1. The molecule has 1 N–H and O–H groups in total. The number of amides is 1. The van der Waals surface area contributed by atoms with Gasteiger partial charge in [0, 0.05) is 37.2 Å². The zero-order valence-corrected chi connectivity index (χ0v) is 20.7. The van der Waals surface area contributed by atoms with E-state index in [2.05, 4.69) is 20.3 Å². The van der Waals surface area contributed by atoms with Crippen LogP contribution >= 0.6 is 0 Å². The minimum atomic E-state index is -0.770. The van der Waals surface area contributed by atoms with Gasteiger partial charge in [0.25, 0.3) is 5.91 Å². The third-order valence-corrected chi connectivity index (χ3v) is 6.28. The first-order valence-electron chi connectivity index (χ1n) is 11.8.